The van der Waals surface area contributed by atoms with Gasteiger partial charge in [0, 0.05) is 33.6 Å². The first-order valence-electron chi connectivity index (χ1n) is 7.13. The first-order valence-corrected chi connectivity index (χ1v) is 7.88. The van der Waals surface area contributed by atoms with Gasteiger partial charge in [-0.25, -0.2) is 0 Å². The molecule has 9 heteroatoms. The van der Waals surface area contributed by atoms with Crippen molar-refractivity contribution < 1.29 is 14.5 Å². The lowest BCUT2D eigenvalue weighted by Gasteiger charge is -2.12. The van der Waals surface area contributed by atoms with Gasteiger partial charge in [0.05, 0.1) is 18.6 Å². The molecule has 25 heavy (non-hydrogen) atoms. The Morgan fingerprint density at radius 3 is 2.40 bits per heavy atom. The van der Waals surface area contributed by atoms with Crippen LogP contribution in [-0.4, -0.2) is 24.5 Å². The van der Waals surface area contributed by atoms with Gasteiger partial charge in [0.1, 0.15) is 0 Å². The number of benzene rings is 2. The Balaban J connectivity index is 2.08. The summed E-state index contributed by atoms with van der Waals surface area (Å²) in [6, 6.07) is 7.63. The maximum atomic E-state index is 12.1. The fourth-order valence-corrected chi connectivity index (χ4v) is 2.67. The summed E-state index contributed by atoms with van der Waals surface area (Å²) in [6.07, 6.45) is 0. The molecule has 2 N–H and O–H groups in total. The van der Waals surface area contributed by atoms with Gasteiger partial charge in [-0.3, -0.25) is 14.9 Å². The number of nitro benzene ring substituents is 1. The second kappa shape index (κ2) is 8.04. The van der Waals surface area contributed by atoms with Crippen LogP contribution in [0.15, 0.2) is 30.3 Å². The lowest BCUT2D eigenvalue weighted by Crippen LogP contribution is -2.22. The van der Waals surface area contributed by atoms with E-state index in [-0.39, 0.29) is 23.9 Å². The standard InChI is InChI=1S/C16H15Cl2N3O4/c1-9-3-14(21(23)24)15(25-2)7-13(9)20-16(22)8-19-12-5-10(17)4-11(18)6-12/h3-7,19H,8H2,1-2H3,(H,20,22). The molecule has 2 aromatic rings. The number of rotatable bonds is 6. The summed E-state index contributed by atoms with van der Waals surface area (Å²) in [5, 5.41) is 17.5. The topological polar surface area (TPSA) is 93.5 Å². The van der Waals surface area contributed by atoms with Crippen LogP contribution in [0.4, 0.5) is 17.1 Å². The van der Waals surface area contributed by atoms with Crippen molar-refractivity contribution >= 4 is 46.2 Å². The van der Waals surface area contributed by atoms with Crippen molar-refractivity contribution in [2.45, 2.75) is 6.92 Å². The van der Waals surface area contributed by atoms with E-state index in [9.17, 15) is 14.9 Å². The van der Waals surface area contributed by atoms with E-state index in [4.69, 9.17) is 27.9 Å². The molecule has 0 radical (unpaired) electrons. The molecular weight excluding hydrogens is 369 g/mol. The highest BCUT2D eigenvalue weighted by Crippen LogP contribution is 2.32. The Kier molecular flexibility index (Phi) is 6.06. The first-order chi connectivity index (χ1) is 11.8. The van der Waals surface area contributed by atoms with Gasteiger partial charge in [0.15, 0.2) is 5.75 Å². The highest BCUT2D eigenvalue weighted by Gasteiger charge is 2.18. The number of hydrogen-bond donors (Lipinski definition) is 2. The number of anilines is 2. The number of carbonyl (C=O) groups excluding carboxylic acids is 1. The molecule has 0 aromatic heterocycles. The number of ether oxygens (including phenoxy) is 1. The molecule has 0 spiro atoms. The molecule has 2 aromatic carbocycles. The van der Waals surface area contributed by atoms with Gasteiger partial charge in [0.25, 0.3) is 0 Å². The van der Waals surface area contributed by atoms with Gasteiger partial charge in [-0.15, -0.1) is 0 Å². The third kappa shape index (κ3) is 4.98. The number of methoxy groups -OCH3 is 1. The predicted molar refractivity (Wildman–Crippen MR) is 98.0 cm³/mol. The molecule has 0 aliphatic heterocycles. The van der Waals surface area contributed by atoms with Gasteiger partial charge in [-0.1, -0.05) is 23.2 Å². The Morgan fingerprint density at radius 2 is 1.84 bits per heavy atom. The average molecular weight is 384 g/mol. The van der Waals surface area contributed by atoms with Gasteiger partial charge in [-0.2, -0.15) is 0 Å². The van der Waals surface area contributed by atoms with E-state index >= 15 is 0 Å². The molecule has 0 unspecified atom stereocenters. The van der Waals surface area contributed by atoms with Crippen LogP contribution < -0.4 is 15.4 Å². The van der Waals surface area contributed by atoms with Crippen LogP contribution >= 0.6 is 23.2 Å². The molecule has 0 bridgehead atoms. The van der Waals surface area contributed by atoms with E-state index in [1.54, 1.807) is 25.1 Å². The van der Waals surface area contributed by atoms with Crippen LogP contribution in [-0.2, 0) is 4.79 Å². The van der Waals surface area contributed by atoms with E-state index in [2.05, 4.69) is 10.6 Å². The van der Waals surface area contributed by atoms with E-state index in [1.807, 2.05) is 0 Å². The van der Waals surface area contributed by atoms with E-state index in [0.29, 0.717) is 27.0 Å². The number of amides is 1. The molecule has 132 valence electrons. The van der Waals surface area contributed by atoms with Crippen molar-refractivity contribution in [1.82, 2.24) is 0 Å². The number of halogens is 2. The van der Waals surface area contributed by atoms with Crippen LogP contribution in [0.25, 0.3) is 0 Å². The zero-order valence-corrected chi connectivity index (χ0v) is 14.9. The van der Waals surface area contributed by atoms with Crippen LogP contribution in [0.5, 0.6) is 5.75 Å². The van der Waals surface area contributed by atoms with Gasteiger partial charge in [-0.05, 0) is 30.7 Å². The predicted octanol–water partition coefficient (Wildman–Crippen LogP) is 4.27. The fourth-order valence-electron chi connectivity index (χ4n) is 2.15. The lowest BCUT2D eigenvalue weighted by molar-refractivity contribution is -0.385. The third-order valence-corrected chi connectivity index (χ3v) is 3.75. The molecular formula is C16H15Cl2N3O4. The van der Waals surface area contributed by atoms with E-state index < -0.39 is 4.92 Å². The Morgan fingerprint density at radius 1 is 1.20 bits per heavy atom. The van der Waals surface area contributed by atoms with Gasteiger partial charge >= 0.3 is 5.69 Å². The van der Waals surface area contributed by atoms with E-state index in [0.717, 1.165) is 0 Å². The molecule has 0 fully saturated rings. The second-order valence-corrected chi connectivity index (χ2v) is 6.03. The minimum Gasteiger partial charge on any atom is -0.490 e. The molecule has 0 saturated carbocycles. The van der Waals surface area contributed by atoms with Crippen LogP contribution in [0.1, 0.15) is 5.56 Å². The SMILES string of the molecule is COc1cc(NC(=O)CNc2cc(Cl)cc(Cl)c2)c(C)cc1[N+](=O)[O-]. The van der Waals surface area contributed by atoms with Crippen molar-refractivity contribution in [1.29, 1.82) is 0 Å². The number of aryl methyl sites for hydroxylation is 1. The number of nitrogens with one attached hydrogen (secondary N) is 2. The lowest BCUT2D eigenvalue weighted by atomic mass is 10.1. The van der Waals surface area contributed by atoms with Gasteiger partial charge < -0.3 is 15.4 Å². The third-order valence-electron chi connectivity index (χ3n) is 3.31. The molecule has 7 nitrogen and oxygen atoms in total. The Labute approximate surface area is 154 Å². The molecule has 0 aliphatic rings. The number of nitrogens with zero attached hydrogens (tertiary/aromatic N) is 1. The minimum atomic E-state index is -0.540. The zero-order chi connectivity index (χ0) is 18.6. The van der Waals surface area contributed by atoms with Crippen molar-refractivity contribution in [3.05, 3.63) is 56.1 Å². The monoisotopic (exact) mass is 383 g/mol. The average Bonchev–Trinajstić information content (AvgIpc) is 2.53. The molecule has 0 saturated heterocycles. The van der Waals surface area contributed by atoms with Crippen molar-refractivity contribution in [2.24, 2.45) is 0 Å². The van der Waals surface area contributed by atoms with Crippen molar-refractivity contribution in [3.8, 4) is 5.75 Å². The van der Waals surface area contributed by atoms with Crippen LogP contribution in [0, 0.1) is 17.0 Å². The second-order valence-electron chi connectivity index (χ2n) is 5.16. The summed E-state index contributed by atoms with van der Waals surface area (Å²) in [4.78, 5) is 22.6. The number of nitro groups is 1. The quantitative estimate of drug-likeness (QED) is 0.573. The van der Waals surface area contributed by atoms with Crippen molar-refractivity contribution in [3.63, 3.8) is 0 Å². The highest BCUT2D eigenvalue weighted by molar-refractivity contribution is 6.35. The summed E-state index contributed by atoms with van der Waals surface area (Å²) in [5.41, 5.74) is 1.42. The molecule has 2 rings (SSSR count). The summed E-state index contributed by atoms with van der Waals surface area (Å²) >= 11 is 11.8. The summed E-state index contributed by atoms with van der Waals surface area (Å²) in [6.45, 7) is 1.63. The highest BCUT2D eigenvalue weighted by atomic mass is 35.5. The summed E-state index contributed by atoms with van der Waals surface area (Å²) < 4.78 is 5.00. The molecule has 1 amide bonds. The summed E-state index contributed by atoms with van der Waals surface area (Å²) in [5.74, 6) is -0.268. The Bertz CT molecular complexity index is 807. The Hall–Kier alpha value is -2.51. The fraction of sp³-hybridized carbons (Fsp3) is 0.188. The maximum Gasteiger partial charge on any atom is 0.311 e. The number of carbonyl (C=O) groups is 1. The molecule has 0 atom stereocenters. The van der Waals surface area contributed by atoms with Crippen molar-refractivity contribution in [2.75, 3.05) is 24.3 Å². The summed E-state index contributed by atoms with van der Waals surface area (Å²) in [7, 11) is 1.33. The smallest absolute Gasteiger partial charge is 0.311 e. The van der Waals surface area contributed by atoms with E-state index in [1.165, 1.54) is 19.2 Å². The largest absolute Gasteiger partial charge is 0.490 e. The van der Waals surface area contributed by atoms with Crippen LogP contribution in [0.3, 0.4) is 0 Å². The normalized spacial score (nSPS) is 10.2. The van der Waals surface area contributed by atoms with Gasteiger partial charge in [0.2, 0.25) is 5.91 Å². The minimum absolute atomic E-state index is 0.0323. The first kappa shape index (κ1) is 18.8. The maximum absolute atomic E-state index is 12.1. The molecule has 0 aliphatic carbocycles. The van der Waals surface area contributed by atoms with Crippen LogP contribution in [0.2, 0.25) is 10.0 Å². The number of hydrogen-bond acceptors (Lipinski definition) is 5. The zero-order valence-electron chi connectivity index (χ0n) is 13.4. The molecule has 0 heterocycles.